The van der Waals surface area contributed by atoms with E-state index in [1.807, 2.05) is 0 Å². The summed E-state index contributed by atoms with van der Waals surface area (Å²) in [6.45, 7) is 5.31. The van der Waals surface area contributed by atoms with Gasteiger partial charge in [-0.3, -0.25) is 10.1 Å². The Hall–Kier alpha value is -2.94. The molecule has 3 aromatic carbocycles. The average molecular weight is 533 g/mol. The Morgan fingerprint density at radius 3 is 2.57 bits per heavy atom. The molecule has 5 nitrogen and oxygen atoms in total. The second-order valence-electron chi connectivity index (χ2n) is 8.70. The molecular formula is C25H20Cl2F2N4OS. The smallest absolute Gasteiger partial charge is 0.232 e. The van der Waals surface area contributed by atoms with Gasteiger partial charge in [-0.15, -0.1) is 0 Å². The van der Waals surface area contributed by atoms with Gasteiger partial charge in [-0.25, -0.2) is 18.7 Å². The number of hydrogen-bond acceptors (Lipinski definition) is 5. The molecule has 0 atom stereocenters. The van der Waals surface area contributed by atoms with E-state index in [-0.39, 0.29) is 28.7 Å². The number of fused-ring (bicyclic) bond motifs is 1. The molecule has 35 heavy (non-hydrogen) atoms. The summed E-state index contributed by atoms with van der Waals surface area (Å²) in [7, 11) is 0. The molecule has 180 valence electrons. The fourth-order valence-corrected chi connectivity index (χ4v) is 4.36. The van der Waals surface area contributed by atoms with Crippen LogP contribution in [0, 0.1) is 17.0 Å². The molecule has 1 heterocycles. The lowest BCUT2D eigenvalue weighted by atomic mass is 9.96. The van der Waals surface area contributed by atoms with Gasteiger partial charge < -0.3 is 4.72 Å². The molecule has 4 rings (SSSR count). The van der Waals surface area contributed by atoms with E-state index in [1.54, 1.807) is 57.2 Å². The maximum atomic E-state index is 15.5. The average Bonchev–Trinajstić information content (AvgIpc) is 2.80. The third-order valence-electron chi connectivity index (χ3n) is 5.06. The molecule has 0 aliphatic rings. The number of benzene rings is 3. The monoisotopic (exact) mass is 532 g/mol. The topological polar surface area (TPSA) is 66.9 Å². The molecule has 1 aromatic heterocycles. The molecule has 0 saturated heterocycles. The summed E-state index contributed by atoms with van der Waals surface area (Å²) in [5.74, 6) is -1.66. The number of amides is 1. The predicted octanol–water partition coefficient (Wildman–Crippen LogP) is 7.99. The fourth-order valence-electron chi connectivity index (χ4n) is 3.17. The van der Waals surface area contributed by atoms with Crippen LogP contribution in [-0.4, -0.2) is 15.9 Å². The Labute approximate surface area is 215 Å². The van der Waals surface area contributed by atoms with Crippen molar-refractivity contribution in [3.8, 4) is 11.1 Å². The number of carbonyl (C=O) groups is 1. The highest BCUT2D eigenvalue weighted by atomic mass is 35.5. The summed E-state index contributed by atoms with van der Waals surface area (Å²) >= 11 is 13.2. The minimum Gasteiger partial charge on any atom is -0.323 e. The Morgan fingerprint density at radius 1 is 1.06 bits per heavy atom. The van der Waals surface area contributed by atoms with Crippen LogP contribution < -0.4 is 10.0 Å². The van der Waals surface area contributed by atoms with Gasteiger partial charge in [0.1, 0.15) is 5.82 Å². The van der Waals surface area contributed by atoms with Gasteiger partial charge in [-0.05, 0) is 53.9 Å². The third-order valence-corrected chi connectivity index (χ3v) is 6.61. The van der Waals surface area contributed by atoms with Gasteiger partial charge >= 0.3 is 0 Å². The molecule has 10 heteroatoms. The van der Waals surface area contributed by atoms with E-state index in [0.717, 1.165) is 11.9 Å². The summed E-state index contributed by atoms with van der Waals surface area (Å²) < 4.78 is 33.3. The molecule has 0 saturated carbocycles. The fraction of sp³-hybridized carbons (Fsp3) is 0.160. The van der Waals surface area contributed by atoms with E-state index >= 15 is 4.39 Å². The highest BCUT2D eigenvalue weighted by molar-refractivity contribution is 8.00. The van der Waals surface area contributed by atoms with Crippen LogP contribution in [-0.2, 0) is 4.79 Å². The van der Waals surface area contributed by atoms with Crippen molar-refractivity contribution in [2.24, 2.45) is 5.41 Å². The molecule has 0 radical (unpaired) electrons. The molecule has 0 unspecified atom stereocenters. The van der Waals surface area contributed by atoms with Crippen molar-refractivity contribution in [3.05, 3.63) is 76.4 Å². The zero-order valence-corrected chi connectivity index (χ0v) is 21.2. The highest BCUT2D eigenvalue weighted by Crippen LogP contribution is 2.37. The van der Waals surface area contributed by atoms with Crippen LogP contribution >= 0.6 is 35.1 Å². The quantitative estimate of drug-likeness (QED) is 0.255. The van der Waals surface area contributed by atoms with Gasteiger partial charge in [0.15, 0.2) is 5.82 Å². The van der Waals surface area contributed by atoms with E-state index in [2.05, 4.69) is 20.0 Å². The van der Waals surface area contributed by atoms with Crippen molar-refractivity contribution in [3.63, 3.8) is 0 Å². The third kappa shape index (κ3) is 5.50. The number of carbonyl (C=O) groups excluding carboxylic acids is 1. The van der Waals surface area contributed by atoms with E-state index < -0.39 is 17.0 Å². The van der Waals surface area contributed by atoms with E-state index in [4.69, 9.17) is 23.2 Å². The SMILES string of the molecule is CC(C)(C)C(=O)Nc1ncc2c(-c3c(F)ccc(NSc4cc(Cl)ccc4Cl)c3F)cccc2n1. The largest absolute Gasteiger partial charge is 0.323 e. The number of rotatable bonds is 5. The van der Waals surface area contributed by atoms with Crippen molar-refractivity contribution < 1.29 is 13.6 Å². The van der Waals surface area contributed by atoms with E-state index in [1.165, 1.54) is 18.3 Å². The first-order valence-electron chi connectivity index (χ1n) is 10.5. The van der Waals surface area contributed by atoms with Gasteiger partial charge in [0, 0.05) is 26.9 Å². The summed E-state index contributed by atoms with van der Waals surface area (Å²) in [4.78, 5) is 21.4. The zero-order chi connectivity index (χ0) is 25.3. The molecule has 0 aliphatic carbocycles. The molecule has 0 bridgehead atoms. The maximum Gasteiger partial charge on any atom is 0.232 e. The Balaban J connectivity index is 1.70. The van der Waals surface area contributed by atoms with Crippen LogP contribution in [0.5, 0.6) is 0 Å². The second-order valence-corrected chi connectivity index (χ2v) is 10.4. The van der Waals surface area contributed by atoms with Gasteiger partial charge in [0.2, 0.25) is 11.9 Å². The van der Waals surface area contributed by atoms with Gasteiger partial charge in [-0.1, -0.05) is 56.1 Å². The molecule has 1 amide bonds. The normalized spacial score (nSPS) is 11.5. The molecule has 2 N–H and O–H groups in total. The van der Waals surface area contributed by atoms with Crippen LogP contribution in [0.2, 0.25) is 10.0 Å². The Morgan fingerprint density at radius 2 is 1.83 bits per heavy atom. The van der Waals surface area contributed by atoms with Crippen molar-refractivity contribution in [2.75, 3.05) is 10.0 Å². The Bertz CT molecular complexity index is 1440. The van der Waals surface area contributed by atoms with Crippen LogP contribution in [0.1, 0.15) is 20.8 Å². The number of nitrogens with one attached hydrogen (secondary N) is 2. The summed E-state index contributed by atoms with van der Waals surface area (Å²) in [5, 5.41) is 4.02. The second kappa shape index (κ2) is 9.97. The maximum absolute atomic E-state index is 15.5. The number of hydrogen-bond donors (Lipinski definition) is 2. The van der Waals surface area contributed by atoms with E-state index in [0.29, 0.717) is 25.8 Å². The molecule has 0 fully saturated rings. The first kappa shape index (κ1) is 25.2. The molecule has 0 aliphatic heterocycles. The predicted molar refractivity (Wildman–Crippen MR) is 139 cm³/mol. The van der Waals surface area contributed by atoms with Crippen molar-refractivity contribution in [1.82, 2.24) is 9.97 Å². The highest BCUT2D eigenvalue weighted by Gasteiger charge is 2.23. The van der Waals surface area contributed by atoms with Gasteiger partial charge in [0.05, 0.1) is 21.8 Å². The van der Waals surface area contributed by atoms with Gasteiger partial charge in [-0.2, -0.15) is 0 Å². The van der Waals surface area contributed by atoms with Crippen LogP contribution in [0.3, 0.4) is 0 Å². The minimum atomic E-state index is -0.784. The van der Waals surface area contributed by atoms with Crippen molar-refractivity contribution in [2.45, 2.75) is 25.7 Å². The summed E-state index contributed by atoms with van der Waals surface area (Å²) in [6, 6.07) is 12.3. The number of halogens is 4. The first-order valence-corrected chi connectivity index (χ1v) is 12.1. The standard InChI is InChI=1S/C25H20Cl2F2N4OS/c1-25(2,3)23(34)32-24-30-12-15-14(5-4-6-18(15)31-24)21-17(28)9-10-19(22(21)29)33-35-20-11-13(26)7-8-16(20)27/h4-12,33H,1-3H3,(H,30,31,32,34). The summed E-state index contributed by atoms with van der Waals surface area (Å²) in [5.41, 5.74) is -0.0878. The van der Waals surface area contributed by atoms with Crippen molar-refractivity contribution in [1.29, 1.82) is 0 Å². The molecule has 0 spiro atoms. The Kier molecular flexibility index (Phi) is 7.17. The number of nitrogens with zero attached hydrogens (tertiary/aromatic N) is 2. The minimum absolute atomic E-state index is 0.0643. The lowest BCUT2D eigenvalue weighted by Crippen LogP contribution is -2.28. The van der Waals surface area contributed by atoms with Crippen LogP contribution in [0.15, 0.2) is 59.6 Å². The lowest BCUT2D eigenvalue weighted by Gasteiger charge is -2.17. The van der Waals surface area contributed by atoms with Crippen LogP contribution in [0.25, 0.3) is 22.0 Å². The lowest BCUT2D eigenvalue weighted by molar-refractivity contribution is -0.123. The van der Waals surface area contributed by atoms with E-state index in [9.17, 15) is 9.18 Å². The number of aromatic nitrogens is 2. The number of anilines is 2. The van der Waals surface area contributed by atoms with Gasteiger partial charge in [0.25, 0.3) is 0 Å². The molecular weight excluding hydrogens is 513 g/mol. The summed E-state index contributed by atoms with van der Waals surface area (Å²) in [6.07, 6.45) is 1.44. The van der Waals surface area contributed by atoms with Crippen LogP contribution in [0.4, 0.5) is 20.4 Å². The zero-order valence-electron chi connectivity index (χ0n) is 18.9. The first-order chi connectivity index (χ1) is 16.5. The van der Waals surface area contributed by atoms with Crippen molar-refractivity contribution >= 4 is 63.6 Å². The molecule has 4 aromatic rings.